The van der Waals surface area contributed by atoms with E-state index < -0.39 is 0 Å². The van der Waals surface area contributed by atoms with Gasteiger partial charge in [0.1, 0.15) is 5.82 Å². The third kappa shape index (κ3) is 2.45. The van der Waals surface area contributed by atoms with E-state index in [9.17, 15) is 4.79 Å². The van der Waals surface area contributed by atoms with Crippen molar-refractivity contribution in [2.24, 2.45) is 0 Å². The minimum atomic E-state index is 0.0316. The first kappa shape index (κ1) is 14.5. The van der Waals surface area contributed by atoms with Crippen LogP contribution in [0.1, 0.15) is 30.0 Å². The van der Waals surface area contributed by atoms with Gasteiger partial charge in [0.15, 0.2) is 0 Å². The molecule has 0 aliphatic heterocycles. The predicted octanol–water partition coefficient (Wildman–Crippen LogP) is 4.67. The molecule has 0 bridgehead atoms. The topological polar surface area (TPSA) is 34.9 Å². The fourth-order valence-corrected chi connectivity index (χ4v) is 3.29. The Kier molecular flexibility index (Phi) is 3.27. The van der Waals surface area contributed by atoms with E-state index in [1.54, 1.807) is 0 Å². The third-order valence-electron chi connectivity index (χ3n) is 4.33. The van der Waals surface area contributed by atoms with Crippen molar-refractivity contribution < 1.29 is 0 Å². The molecule has 3 nitrogen and oxygen atoms in total. The van der Waals surface area contributed by atoms with Crippen molar-refractivity contribution in [2.45, 2.75) is 32.7 Å². The number of hydrogen-bond donors (Lipinski definition) is 0. The lowest BCUT2D eigenvalue weighted by atomic mass is 10.1. The van der Waals surface area contributed by atoms with Crippen molar-refractivity contribution in [1.29, 1.82) is 0 Å². The first-order valence-corrected chi connectivity index (χ1v) is 8.22. The molecule has 116 valence electrons. The Bertz CT molecular complexity index is 987. The molecule has 4 rings (SSSR count). The highest BCUT2D eigenvalue weighted by atomic mass is 35.5. The predicted molar refractivity (Wildman–Crippen MR) is 94.2 cm³/mol. The number of nitrogens with zero attached hydrogens (tertiary/aromatic N) is 2. The number of rotatable bonds is 2. The second-order valence-electron chi connectivity index (χ2n) is 6.35. The number of halogens is 1. The molecule has 4 heteroatoms. The number of benzene rings is 2. The lowest BCUT2D eigenvalue weighted by molar-refractivity contribution is 0.708. The molecule has 1 aromatic heterocycles. The molecule has 0 unspecified atom stereocenters. The van der Waals surface area contributed by atoms with Gasteiger partial charge >= 0.3 is 0 Å². The maximum atomic E-state index is 13.0. The Hall–Kier alpha value is -2.13. The third-order valence-corrected chi connectivity index (χ3v) is 4.65. The van der Waals surface area contributed by atoms with Gasteiger partial charge < -0.3 is 0 Å². The largest absolute Gasteiger partial charge is 0.289 e. The van der Waals surface area contributed by atoms with Gasteiger partial charge in [0, 0.05) is 11.6 Å². The molecule has 2 aromatic carbocycles. The minimum Gasteiger partial charge on any atom is -0.289 e. The summed E-state index contributed by atoms with van der Waals surface area (Å²) in [5.74, 6) is 0.681. The van der Waals surface area contributed by atoms with Gasteiger partial charge in [-0.05, 0) is 62.1 Å². The Morgan fingerprint density at radius 1 is 1.09 bits per heavy atom. The molecule has 0 spiro atoms. The van der Waals surface area contributed by atoms with E-state index in [0.29, 0.717) is 16.2 Å². The first-order chi connectivity index (χ1) is 11.0. The average Bonchev–Trinajstić information content (AvgIpc) is 3.31. The van der Waals surface area contributed by atoms with Gasteiger partial charge in [0.25, 0.3) is 5.56 Å². The lowest BCUT2D eigenvalue weighted by Gasteiger charge is -2.14. The maximum Gasteiger partial charge on any atom is 0.261 e. The Balaban J connectivity index is 2.08. The van der Waals surface area contributed by atoms with Gasteiger partial charge in [-0.15, -0.1) is 0 Å². The molecular weight excluding hydrogens is 308 g/mol. The van der Waals surface area contributed by atoms with Crippen LogP contribution in [0.2, 0.25) is 5.02 Å². The highest BCUT2D eigenvalue weighted by molar-refractivity contribution is 6.33. The summed E-state index contributed by atoms with van der Waals surface area (Å²) in [4.78, 5) is 17.8. The average molecular weight is 325 g/mol. The molecule has 0 radical (unpaired) electrons. The standard InChI is InChI=1S/C19H17ClN2O/c1-11-3-7-14(16(20)9-11)18-21-17-10-12(2)4-8-15(17)19(23)22(18)13-5-6-13/h3-4,7-10,13H,5-6H2,1-2H3. The van der Waals surface area contributed by atoms with E-state index >= 15 is 0 Å². The molecule has 0 saturated heterocycles. The van der Waals surface area contributed by atoms with E-state index in [1.165, 1.54) is 0 Å². The summed E-state index contributed by atoms with van der Waals surface area (Å²) in [6.45, 7) is 4.01. The zero-order valence-corrected chi connectivity index (χ0v) is 13.9. The van der Waals surface area contributed by atoms with Crippen LogP contribution in [0.5, 0.6) is 0 Å². The molecule has 0 amide bonds. The fraction of sp³-hybridized carbons (Fsp3) is 0.263. The van der Waals surface area contributed by atoms with Crippen LogP contribution in [-0.2, 0) is 0 Å². The minimum absolute atomic E-state index is 0.0316. The van der Waals surface area contributed by atoms with Gasteiger partial charge in [-0.25, -0.2) is 4.98 Å². The number of aromatic nitrogens is 2. The normalized spacial score (nSPS) is 14.4. The lowest BCUT2D eigenvalue weighted by Crippen LogP contribution is -2.22. The smallest absolute Gasteiger partial charge is 0.261 e. The van der Waals surface area contributed by atoms with E-state index in [2.05, 4.69) is 0 Å². The molecule has 1 saturated carbocycles. The summed E-state index contributed by atoms with van der Waals surface area (Å²) in [6.07, 6.45) is 2.05. The number of fused-ring (bicyclic) bond motifs is 1. The molecule has 0 atom stereocenters. The monoisotopic (exact) mass is 324 g/mol. The fourth-order valence-electron chi connectivity index (χ4n) is 2.97. The van der Waals surface area contributed by atoms with Crippen LogP contribution in [0.3, 0.4) is 0 Å². The highest BCUT2D eigenvalue weighted by Crippen LogP contribution is 2.38. The quantitative estimate of drug-likeness (QED) is 0.686. The highest BCUT2D eigenvalue weighted by Gasteiger charge is 2.29. The van der Waals surface area contributed by atoms with Gasteiger partial charge in [-0.3, -0.25) is 9.36 Å². The number of hydrogen-bond acceptors (Lipinski definition) is 2. The van der Waals surface area contributed by atoms with Gasteiger partial charge in [0.05, 0.1) is 15.9 Å². The Labute approximate surface area is 139 Å². The molecule has 1 aliphatic rings. The van der Waals surface area contributed by atoms with Crippen LogP contribution in [0, 0.1) is 13.8 Å². The van der Waals surface area contributed by atoms with Crippen molar-refractivity contribution in [3.05, 3.63) is 62.9 Å². The summed E-state index contributed by atoms with van der Waals surface area (Å²) >= 11 is 6.44. The van der Waals surface area contributed by atoms with Crippen LogP contribution in [0.25, 0.3) is 22.3 Å². The second-order valence-corrected chi connectivity index (χ2v) is 6.75. The summed E-state index contributed by atoms with van der Waals surface area (Å²) in [5.41, 5.74) is 3.78. The molecule has 1 heterocycles. The van der Waals surface area contributed by atoms with Crippen LogP contribution < -0.4 is 5.56 Å². The molecule has 23 heavy (non-hydrogen) atoms. The van der Waals surface area contributed by atoms with Gasteiger partial charge in [0.2, 0.25) is 0 Å². The van der Waals surface area contributed by atoms with Crippen LogP contribution >= 0.6 is 11.6 Å². The first-order valence-electron chi connectivity index (χ1n) is 7.84. The Morgan fingerprint density at radius 2 is 1.78 bits per heavy atom. The zero-order chi connectivity index (χ0) is 16.1. The van der Waals surface area contributed by atoms with Crippen molar-refractivity contribution >= 4 is 22.5 Å². The molecular formula is C19H17ClN2O. The van der Waals surface area contributed by atoms with E-state index in [0.717, 1.165) is 35.0 Å². The second kappa shape index (κ2) is 5.20. The maximum absolute atomic E-state index is 13.0. The molecule has 1 fully saturated rings. The molecule has 0 N–H and O–H groups in total. The van der Waals surface area contributed by atoms with Crippen LogP contribution in [-0.4, -0.2) is 9.55 Å². The number of aryl methyl sites for hydroxylation is 2. The summed E-state index contributed by atoms with van der Waals surface area (Å²) in [6, 6.07) is 11.9. The summed E-state index contributed by atoms with van der Waals surface area (Å²) in [5, 5.41) is 1.31. The van der Waals surface area contributed by atoms with Crippen molar-refractivity contribution in [3.63, 3.8) is 0 Å². The molecule has 3 aromatic rings. The Morgan fingerprint density at radius 3 is 2.48 bits per heavy atom. The SMILES string of the molecule is Cc1ccc(-c2nc3cc(C)ccc3c(=O)n2C2CC2)c(Cl)c1. The van der Waals surface area contributed by atoms with Gasteiger partial charge in [-0.1, -0.05) is 23.7 Å². The van der Waals surface area contributed by atoms with Crippen molar-refractivity contribution in [1.82, 2.24) is 9.55 Å². The summed E-state index contributed by atoms with van der Waals surface area (Å²) < 4.78 is 1.83. The summed E-state index contributed by atoms with van der Waals surface area (Å²) in [7, 11) is 0. The molecule has 1 aliphatic carbocycles. The zero-order valence-electron chi connectivity index (χ0n) is 13.1. The van der Waals surface area contributed by atoms with E-state index in [1.807, 2.05) is 54.8 Å². The van der Waals surface area contributed by atoms with Crippen LogP contribution in [0.15, 0.2) is 41.2 Å². The van der Waals surface area contributed by atoms with Crippen LogP contribution in [0.4, 0.5) is 0 Å². The van der Waals surface area contributed by atoms with Crippen molar-refractivity contribution in [3.8, 4) is 11.4 Å². The van der Waals surface area contributed by atoms with E-state index in [4.69, 9.17) is 16.6 Å². The van der Waals surface area contributed by atoms with Gasteiger partial charge in [-0.2, -0.15) is 0 Å². The van der Waals surface area contributed by atoms with Crippen molar-refractivity contribution in [2.75, 3.05) is 0 Å². The van der Waals surface area contributed by atoms with E-state index in [-0.39, 0.29) is 11.6 Å².